The molecule has 0 fully saturated rings. The summed E-state index contributed by atoms with van der Waals surface area (Å²) in [4.78, 5) is 25.3. The lowest BCUT2D eigenvalue weighted by Crippen LogP contribution is -2.18. The minimum Gasteiger partial charge on any atom is -0.450 e. The molecule has 0 bridgehead atoms. The molecule has 2 aromatic rings. The van der Waals surface area contributed by atoms with E-state index in [9.17, 15) is 9.59 Å². The molecule has 0 aliphatic carbocycles. The number of primary amides is 1. The maximum Gasteiger partial charge on any atom is 0.404 e. The highest BCUT2D eigenvalue weighted by molar-refractivity contribution is 5.85. The largest absolute Gasteiger partial charge is 0.450 e. The number of aromatic amines is 1. The molecule has 134 valence electrons. The first-order valence-corrected chi connectivity index (χ1v) is 8.24. The van der Waals surface area contributed by atoms with Crippen molar-refractivity contribution >= 4 is 17.5 Å². The summed E-state index contributed by atoms with van der Waals surface area (Å²) in [7, 11) is 0. The van der Waals surface area contributed by atoms with Gasteiger partial charge in [0, 0.05) is 23.4 Å². The van der Waals surface area contributed by atoms with Crippen molar-refractivity contribution in [3.8, 4) is 11.1 Å². The number of hydrogen-bond donors (Lipinski definition) is 4. The molecule has 0 saturated carbocycles. The molecular weight excluding hydrogens is 320 g/mol. The number of nitrogen functional groups attached to an aromatic ring is 1. The zero-order valence-electron chi connectivity index (χ0n) is 14.2. The van der Waals surface area contributed by atoms with Gasteiger partial charge in [-0.25, -0.2) is 4.79 Å². The number of ether oxygens (including phenoxy) is 1. The van der Waals surface area contributed by atoms with Gasteiger partial charge in [0.1, 0.15) is 0 Å². The van der Waals surface area contributed by atoms with E-state index < -0.39 is 6.09 Å². The lowest BCUT2D eigenvalue weighted by atomic mass is 10.0. The zero-order chi connectivity index (χ0) is 18.2. The van der Waals surface area contributed by atoms with E-state index >= 15 is 0 Å². The maximum absolute atomic E-state index is 12.1. The quantitative estimate of drug-likeness (QED) is 0.433. The highest BCUT2D eigenvalue weighted by Crippen LogP contribution is 2.31. The molecule has 0 aliphatic heterocycles. The summed E-state index contributed by atoms with van der Waals surface area (Å²) in [6.45, 7) is 2.36. The molecule has 0 aliphatic rings. The fourth-order valence-corrected chi connectivity index (χ4v) is 2.63. The lowest BCUT2D eigenvalue weighted by molar-refractivity contribution is 0.154. The number of pyridine rings is 1. The normalized spacial score (nSPS) is 11.7. The Kier molecular flexibility index (Phi) is 6.45. The number of carbonyl (C=O) groups excluding carboxylic acids is 1. The number of nitrogens with one attached hydrogen (secondary N) is 2. The smallest absolute Gasteiger partial charge is 0.404 e. The molecule has 1 unspecified atom stereocenters. The third-order valence-corrected chi connectivity index (χ3v) is 3.87. The topological polar surface area (TPSA) is 123 Å². The minimum atomic E-state index is -0.749. The van der Waals surface area contributed by atoms with Crippen LogP contribution < -0.4 is 22.3 Å². The maximum atomic E-state index is 12.1. The number of carbonyl (C=O) groups is 1. The van der Waals surface area contributed by atoms with Gasteiger partial charge >= 0.3 is 6.09 Å². The van der Waals surface area contributed by atoms with Crippen LogP contribution in [-0.2, 0) is 4.74 Å². The number of para-hydroxylation sites is 1. The minimum absolute atomic E-state index is 0.139. The molecule has 1 atom stereocenters. The van der Waals surface area contributed by atoms with Crippen LogP contribution in [0.15, 0.2) is 41.3 Å². The number of anilines is 2. The Morgan fingerprint density at radius 3 is 2.72 bits per heavy atom. The number of unbranched alkanes of at least 4 members (excludes halogenated alkanes) is 1. The van der Waals surface area contributed by atoms with Crippen LogP contribution in [0.25, 0.3) is 11.1 Å². The first-order valence-electron chi connectivity index (χ1n) is 8.24. The van der Waals surface area contributed by atoms with Crippen LogP contribution in [-0.4, -0.2) is 23.7 Å². The summed E-state index contributed by atoms with van der Waals surface area (Å²) in [6, 6.07) is 9.19. The van der Waals surface area contributed by atoms with Gasteiger partial charge in [0.05, 0.1) is 18.0 Å². The van der Waals surface area contributed by atoms with Crippen LogP contribution in [0.3, 0.4) is 0 Å². The van der Waals surface area contributed by atoms with Crippen LogP contribution in [0.1, 0.15) is 26.2 Å². The van der Waals surface area contributed by atoms with Crippen molar-refractivity contribution in [2.45, 2.75) is 32.2 Å². The van der Waals surface area contributed by atoms with Gasteiger partial charge in [-0.2, -0.15) is 0 Å². The zero-order valence-corrected chi connectivity index (χ0v) is 14.2. The van der Waals surface area contributed by atoms with Crippen molar-refractivity contribution in [2.24, 2.45) is 5.73 Å². The van der Waals surface area contributed by atoms with Crippen LogP contribution in [0, 0.1) is 0 Å². The van der Waals surface area contributed by atoms with Gasteiger partial charge < -0.3 is 26.5 Å². The monoisotopic (exact) mass is 344 g/mol. The van der Waals surface area contributed by atoms with E-state index in [4.69, 9.17) is 16.2 Å². The van der Waals surface area contributed by atoms with Gasteiger partial charge in [-0.3, -0.25) is 4.79 Å². The highest BCUT2D eigenvalue weighted by Gasteiger charge is 2.13. The summed E-state index contributed by atoms with van der Waals surface area (Å²) < 4.78 is 4.71. The van der Waals surface area contributed by atoms with Gasteiger partial charge in [-0.1, -0.05) is 12.1 Å². The van der Waals surface area contributed by atoms with Crippen molar-refractivity contribution in [3.05, 3.63) is 46.9 Å². The fraction of sp³-hybridized carbons (Fsp3) is 0.333. The Bertz CT molecular complexity index is 773. The molecule has 1 aromatic heterocycles. The first kappa shape index (κ1) is 18.4. The van der Waals surface area contributed by atoms with Gasteiger partial charge in [-0.05, 0) is 44.4 Å². The molecule has 1 amide bonds. The van der Waals surface area contributed by atoms with E-state index in [1.807, 2.05) is 19.1 Å². The molecule has 1 heterocycles. The van der Waals surface area contributed by atoms with E-state index in [0.29, 0.717) is 17.9 Å². The Morgan fingerprint density at radius 2 is 2.00 bits per heavy atom. The lowest BCUT2D eigenvalue weighted by Gasteiger charge is -2.20. The SMILES string of the molecule is CC(CCCCOC(N)=O)Nc1c(N)cccc1-c1ccc[nH]c1=O. The van der Waals surface area contributed by atoms with Crippen LogP contribution in [0.5, 0.6) is 0 Å². The summed E-state index contributed by atoms with van der Waals surface area (Å²) >= 11 is 0. The van der Waals surface area contributed by atoms with E-state index in [1.165, 1.54) is 0 Å². The fourth-order valence-electron chi connectivity index (χ4n) is 2.63. The second kappa shape index (κ2) is 8.77. The summed E-state index contributed by atoms with van der Waals surface area (Å²) in [5, 5.41) is 3.39. The van der Waals surface area contributed by atoms with E-state index in [-0.39, 0.29) is 11.6 Å². The molecule has 7 nitrogen and oxygen atoms in total. The average molecular weight is 344 g/mol. The van der Waals surface area contributed by atoms with Gasteiger partial charge in [0.2, 0.25) is 0 Å². The van der Waals surface area contributed by atoms with Crippen molar-refractivity contribution < 1.29 is 9.53 Å². The average Bonchev–Trinajstić information content (AvgIpc) is 2.57. The van der Waals surface area contributed by atoms with E-state index in [0.717, 1.165) is 30.5 Å². The Hall–Kier alpha value is -2.96. The second-order valence-electron chi connectivity index (χ2n) is 5.89. The highest BCUT2D eigenvalue weighted by atomic mass is 16.5. The predicted octanol–water partition coefficient (Wildman–Crippen LogP) is 2.69. The molecule has 2 rings (SSSR count). The van der Waals surface area contributed by atoms with E-state index in [2.05, 4.69) is 10.3 Å². The number of benzene rings is 1. The molecule has 0 radical (unpaired) electrons. The van der Waals surface area contributed by atoms with Crippen LogP contribution in [0.4, 0.5) is 16.2 Å². The van der Waals surface area contributed by atoms with Crippen molar-refractivity contribution in [2.75, 3.05) is 17.7 Å². The summed E-state index contributed by atoms with van der Waals surface area (Å²) in [5.74, 6) is 0. The van der Waals surface area contributed by atoms with Crippen LogP contribution in [0.2, 0.25) is 0 Å². The summed E-state index contributed by atoms with van der Waals surface area (Å²) in [5.41, 5.74) is 13.6. The third-order valence-electron chi connectivity index (χ3n) is 3.87. The molecular formula is C18H24N4O3. The number of hydrogen-bond acceptors (Lipinski definition) is 5. The Morgan fingerprint density at radius 1 is 1.24 bits per heavy atom. The Balaban J connectivity index is 2.05. The second-order valence-corrected chi connectivity index (χ2v) is 5.89. The third kappa shape index (κ3) is 5.27. The molecule has 0 spiro atoms. The number of rotatable bonds is 8. The van der Waals surface area contributed by atoms with Gasteiger partial charge in [-0.15, -0.1) is 0 Å². The van der Waals surface area contributed by atoms with Gasteiger partial charge in [0.25, 0.3) is 5.56 Å². The Labute approximate surface area is 146 Å². The predicted molar refractivity (Wildman–Crippen MR) is 99.4 cm³/mol. The molecule has 25 heavy (non-hydrogen) atoms. The summed E-state index contributed by atoms with van der Waals surface area (Å²) in [6.07, 6.45) is 3.32. The van der Waals surface area contributed by atoms with E-state index in [1.54, 1.807) is 24.4 Å². The first-order chi connectivity index (χ1) is 12.0. The van der Waals surface area contributed by atoms with Crippen molar-refractivity contribution in [1.82, 2.24) is 4.98 Å². The van der Waals surface area contributed by atoms with Gasteiger partial charge in [0.15, 0.2) is 0 Å². The number of amides is 1. The number of nitrogens with two attached hydrogens (primary N) is 2. The van der Waals surface area contributed by atoms with Crippen molar-refractivity contribution in [3.63, 3.8) is 0 Å². The standard InChI is InChI=1S/C18H24N4O3/c1-12(6-2-3-11-25-18(20)24)22-16-13(7-4-9-15(16)19)14-8-5-10-21-17(14)23/h4-5,7-10,12,22H,2-3,6,11,19H2,1H3,(H2,20,24)(H,21,23). The molecule has 1 aromatic carbocycles. The van der Waals surface area contributed by atoms with Crippen LogP contribution >= 0.6 is 0 Å². The number of aromatic nitrogens is 1. The molecule has 0 saturated heterocycles. The molecule has 7 heteroatoms. The number of H-pyrrole nitrogens is 1. The molecule has 6 N–H and O–H groups in total. The van der Waals surface area contributed by atoms with Crippen molar-refractivity contribution in [1.29, 1.82) is 0 Å².